The van der Waals surface area contributed by atoms with Crippen molar-refractivity contribution < 1.29 is 4.79 Å². The fourth-order valence-electron chi connectivity index (χ4n) is 3.10. The van der Waals surface area contributed by atoms with Crippen LogP contribution in [0.1, 0.15) is 65.1 Å². The van der Waals surface area contributed by atoms with Crippen molar-refractivity contribution in [3.63, 3.8) is 0 Å². The van der Waals surface area contributed by atoms with Crippen molar-refractivity contribution in [2.45, 2.75) is 72.3 Å². The Morgan fingerprint density at radius 3 is 2.64 bits per heavy atom. The lowest BCUT2D eigenvalue weighted by atomic mass is 10.1. The Balaban J connectivity index is 1.95. The zero-order valence-electron chi connectivity index (χ0n) is 16.1. The van der Waals surface area contributed by atoms with Crippen molar-refractivity contribution in [1.82, 2.24) is 14.9 Å². The molecule has 0 saturated heterocycles. The third-order valence-electron chi connectivity index (χ3n) is 4.62. The van der Waals surface area contributed by atoms with Gasteiger partial charge in [0, 0.05) is 25.4 Å². The van der Waals surface area contributed by atoms with Gasteiger partial charge in [-0.2, -0.15) is 0 Å². The molecule has 0 atom stereocenters. The van der Waals surface area contributed by atoms with E-state index in [0.717, 1.165) is 37.3 Å². The van der Waals surface area contributed by atoms with E-state index in [1.807, 2.05) is 19.9 Å². The van der Waals surface area contributed by atoms with E-state index >= 15 is 0 Å². The number of carbonyl (C=O) groups excluding carboxylic acids is 1. The maximum Gasteiger partial charge on any atom is 0.222 e. The van der Waals surface area contributed by atoms with E-state index in [1.165, 1.54) is 37.6 Å². The summed E-state index contributed by atoms with van der Waals surface area (Å²) >= 11 is 0. The molecule has 0 unspecified atom stereocenters. The Bertz CT molecular complexity index is 660. The Hall–Kier alpha value is -1.84. The highest BCUT2D eigenvalue weighted by atomic mass is 16.1. The minimum absolute atomic E-state index is 0.0488. The van der Waals surface area contributed by atoms with Crippen LogP contribution in [0.2, 0.25) is 0 Å². The average molecular weight is 344 g/mol. The Kier molecular flexibility index (Phi) is 7.96. The van der Waals surface area contributed by atoms with Crippen molar-refractivity contribution in [3.05, 3.63) is 30.1 Å². The van der Waals surface area contributed by atoms with Gasteiger partial charge in [0.15, 0.2) is 0 Å². The Morgan fingerprint density at radius 2 is 1.88 bits per heavy atom. The second-order valence-corrected chi connectivity index (χ2v) is 7.13. The molecule has 2 aromatic rings. The molecule has 1 aromatic carbocycles. The summed E-state index contributed by atoms with van der Waals surface area (Å²) < 4.78 is 2.38. The second kappa shape index (κ2) is 10.2. The molecular weight excluding hydrogens is 310 g/mol. The molecule has 4 heteroatoms. The molecular formula is C21H33N3O. The van der Waals surface area contributed by atoms with Crippen LogP contribution in [0.15, 0.2) is 24.3 Å². The minimum Gasteiger partial charge on any atom is -0.356 e. The van der Waals surface area contributed by atoms with Gasteiger partial charge in [-0.3, -0.25) is 4.79 Å². The lowest BCUT2D eigenvalue weighted by Crippen LogP contribution is -2.28. The number of hydrogen-bond donors (Lipinski definition) is 1. The lowest BCUT2D eigenvalue weighted by Gasteiger charge is -2.10. The van der Waals surface area contributed by atoms with Gasteiger partial charge in [0.05, 0.1) is 11.0 Å². The van der Waals surface area contributed by atoms with Gasteiger partial charge in [0.25, 0.3) is 0 Å². The molecule has 1 amide bonds. The van der Waals surface area contributed by atoms with E-state index in [0.29, 0.717) is 0 Å². The molecule has 1 aromatic heterocycles. The van der Waals surface area contributed by atoms with Crippen LogP contribution in [0.5, 0.6) is 0 Å². The molecule has 0 spiro atoms. The normalized spacial score (nSPS) is 11.4. The highest BCUT2D eigenvalue weighted by Crippen LogP contribution is 2.18. The van der Waals surface area contributed by atoms with Gasteiger partial charge in [-0.15, -0.1) is 0 Å². The number of imidazole rings is 1. The van der Waals surface area contributed by atoms with Gasteiger partial charge in [-0.1, -0.05) is 58.6 Å². The van der Waals surface area contributed by atoms with Crippen LogP contribution in [0.25, 0.3) is 11.0 Å². The highest BCUT2D eigenvalue weighted by molar-refractivity contribution is 5.77. The van der Waals surface area contributed by atoms with Crippen LogP contribution in [0.3, 0.4) is 0 Å². The van der Waals surface area contributed by atoms with Gasteiger partial charge in [0.2, 0.25) is 5.91 Å². The van der Waals surface area contributed by atoms with E-state index in [1.54, 1.807) is 0 Å². The number of nitrogens with one attached hydrogen (secondary N) is 1. The first-order chi connectivity index (χ1) is 12.1. The second-order valence-electron chi connectivity index (χ2n) is 7.13. The number of amides is 1. The highest BCUT2D eigenvalue weighted by Gasteiger charge is 2.11. The predicted molar refractivity (Wildman–Crippen MR) is 105 cm³/mol. The number of hydrogen-bond acceptors (Lipinski definition) is 2. The van der Waals surface area contributed by atoms with Crippen molar-refractivity contribution in [1.29, 1.82) is 0 Å². The first-order valence-corrected chi connectivity index (χ1v) is 9.85. The molecule has 1 N–H and O–H groups in total. The van der Waals surface area contributed by atoms with Gasteiger partial charge in [0.1, 0.15) is 5.82 Å². The van der Waals surface area contributed by atoms with E-state index in [-0.39, 0.29) is 11.8 Å². The lowest BCUT2D eigenvalue weighted by molar-refractivity contribution is -0.123. The summed E-state index contributed by atoms with van der Waals surface area (Å²) in [5, 5.41) is 3.00. The summed E-state index contributed by atoms with van der Waals surface area (Å²) in [6.45, 7) is 7.86. The number of nitrogens with zero attached hydrogens (tertiary/aromatic N) is 2. The number of carbonyl (C=O) groups is 1. The fourth-order valence-corrected chi connectivity index (χ4v) is 3.10. The summed E-state index contributed by atoms with van der Waals surface area (Å²) in [5.41, 5.74) is 2.32. The summed E-state index contributed by atoms with van der Waals surface area (Å²) in [5.74, 6) is 1.33. The van der Waals surface area contributed by atoms with Gasteiger partial charge < -0.3 is 9.88 Å². The molecule has 0 aliphatic carbocycles. The first kappa shape index (κ1) is 19.5. The maximum atomic E-state index is 11.7. The number of aryl methyl sites for hydroxylation is 2. The Morgan fingerprint density at radius 1 is 1.12 bits per heavy atom. The van der Waals surface area contributed by atoms with Crippen LogP contribution in [-0.2, 0) is 17.8 Å². The van der Waals surface area contributed by atoms with E-state index in [9.17, 15) is 4.79 Å². The smallest absolute Gasteiger partial charge is 0.222 e. The number of benzene rings is 1. The van der Waals surface area contributed by atoms with Crippen molar-refractivity contribution >= 4 is 16.9 Å². The van der Waals surface area contributed by atoms with Crippen LogP contribution in [-0.4, -0.2) is 22.0 Å². The molecule has 0 saturated carbocycles. The molecule has 2 rings (SSSR count). The Labute approximate surface area is 152 Å². The van der Waals surface area contributed by atoms with Crippen molar-refractivity contribution in [3.8, 4) is 0 Å². The van der Waals surface area contributed by atoms with Crippen LogP contribution >= 0.6 is 0 Å². The zero-order valence-corrected chi connectivity index (χ0v) is 16.1. The van der Waals surface area contributed by atoms with Crippen LogP contribution in [0, 0.1) is 5.92 Å². The van der Waals surface area contributed by atoms with Gasteiger partial charge in [-0.25, -0.2) is 4.98 Å². The standard InChI is InChI=1S/C21H33N3O/c1-4-5-6-7-10-16-24-19-13-9-8-12-18(19)23-20(24)14-11-15-22-21(25)17(2)3/h8-9,12-13,17H,4-7,10-11,14-16H2,1-3H3,(H,22,25). The van der Waals surface area contributed by atoms with Crippen LogP contribution in [0.4, 0.5) is 0 Å². The summed E-state index contributed by atoms with van der Waals surface area (Å²) in [6.07, 6.45) is 8.25. The predicted octanol–water partition coefficient (Wildman–Crippen LogP) is 4.71. The topological polar surface area (TPSA) is 46.9 Å². The van der Waals surface area contributed by atoms with Crippen molar-refractivity contribution in [2.24, 2.45) is 5.92 Å². The number of para-hydroxylation sites is 2. The molecule has 4 nitrogen and oxygen atoms in total. The maximum absolute atomic E-state index is 11.7. The van der Waals surface area contributed by atoms with Crippen LogP contribution < -0.4 is 5.32 Å². The number of unbranched alkanes of at least 4 members (excludes halogenated alkanes) is 4. The van der Waals surface area contributed by atoms with E-state index in [2.05, 4.69) is 35.0 Å². The average Bonchev–Trinajstić information content (AvgIpc) is 2.96. The molecule has 25 heavy (non-hydrogen) atoms. The number of fused-ring (bicyclic) bond motifs is 1. The van der Waals surface area contributed by atoms with Crippen molar-refractivity contribution in [2.75, 3.05) is 6.54 Å². The minimum atomic E-state index is 0.0488. The summed E-state index contributed by atoms with van der Waals surface area (Å²) in [7, 11) is 0. The molecule has 0 aliphatic heterocycles. The van der Waals surface area contributed by atoms with E-state index in [4.69, 9.17) is 4.98 Å². The largest absolute Gasteiger partial charge is 0.356 e. The molecule has 0 radical (unpaired) electrons. The zero-order chi connectivity index (χ0) is 18.1. The molecule has 0 bridgehead atoms. The third kappa shape index (κ3) is 5.87. The number of aromatic nitrogens is 2. The molecule has 1 heterocycles. The summed E-state index contributed by atoms with van der Waals surface area (Å²) in [4.78, 5) is 16.5. The van der Waals surface area contributed by atoms with E-state index < -0.39 is 0 Å². The monoisotopic (exact) mass is 343 g/mol. The molecule has 0 fully saturated rings. The summed E-state index contributed by atoms with van der Waals surface area (Å²) in [6, 6.07) is 8.39. The fraction of sp³-hybridized carbons (Fsp3) is 0.619. The quantitative estimate of drug-likeness (QED) is 0.601. The molecule has 0 aliphatic rings. The SMILES string of the molecule is CCCCCCCn1c(CCCNC(=O)C(C)C)nc2ccccc21. The first-order valence-electron chi connectivity index (χ1n) is 9.85. The number of rotatable bonds is 11. The third-order valence-corrected chi connectivity index (χ3v) is 4.62. The van der Waals surface area contributed by atoms with Gasteiger partial charge in [-0.05, 0) is 25.0 Å². The van der Waals surface area contributed by atoms with Gasteiger partial charge >= 0.3 is 0 Å². The molecule has 138 valence electrons.